The molecule has 0 unspecified atom stereocenters. The van der Waals surface area contributed by atoms with Crippen LogP contribution in [-0.2, 0) is 17.9 Å². The molecule has 0 spiro atoms. The third-order valence-corrected chi connectivity index (χ3v) is 2.94. The zero-order valence-electron chi connectivity index (χ0n) is 11.7. The molecule has 0 aliphatic heterocycles. The monoisotopic (exact) mass is 287 g/mol. The van der Waals surface area contributed by atoms with Crippen molar-refractivity contribution < 1.29 is 19.4 Å². The molecule has 0 aliphatic carbocycles. The van der Waals surface area contributed by atoms with E-state index in [-0.39, 0.29) is 18.9 Å². The van der Waals surface area contributed by atoms with E-state index in [1.165, 1.54) is 7.11 Å². The molecule has 21 heavy (non-hydrogen) atoms. The van der Waals surface area contributed by atoms with Gasteiger partial charge in [0, 0.05) is 12.1 Å². The number of nitrogens with one attached hydrogen (secondary N) is 1. The number of amides is 1. The highest BCUT2D eigenvalue weighted by molar-refractivity contribution is 5.67. The van der Waals surface area contributed by atoms with Gasteiger partial charge in [0.15, 0.2) is 11.5 Å². The van der Waals surface area contributed by atoms with Crippen molar-refractivity contribution in [2.24, 2.45) is 0 Å². The number of methoxy groups -OCH3 is 1. The highest BCUT2D eigenvalue weighted by Gasteiger charge is 2.09. The Bertz CT molecular complexity index is 598. The number of benzene rings is 2. The number of hydrogen-bond acceptors (Lipinski definition) is 4. The number of ether oxygens (including phenoxy) is 2. The van der Waals surface area contributed by atoms with Gasteiger partial charge in [-0.15, -0.1) is 0 Å². The summed E-state index contributed by atoms with van der Waals surface area (Å²) < 4.78 is 10.1. The number of alkyl carbamates (subject to hydrolysis) is 1. The van der Waals surface area contributed by atoms with Crippen LogP contribution in [0.4, 0.5) is 4.79 Å². The Labute approximate surface area is 123 Å². The van der Waals surface area contributed by atoms with Gasteiger partial charge < -0.3 is 19.9 Å². The van der Waals surface area contributed by atoms with Crippen LogP contribution in [0.5, 0.6) is 11.5 Å². The average Bonchev–Trinajstić information content (AvgIpc) is 2.53. The molecule has 1 amide bonds. The summed E-state index contributed by atoms with van der Waals surface area (Å²) in [6.45, 7) is 0.368. The lowest BCUT2D eigenvalue weighted by molar-refractivity contribution is 0.139. The van der Waals surface area contributed by atoms with Gasteiger partial charge in [0.05, 0.1) is 7.11 Å². The summed E-state index contributed by atoms with van der Waals surface area (Å²) in [4.78, 5) is 11.6. The van der Waals surface area contributed by atoms with Crippen LogP contribution >= 0.6 is 0 Å². The van der Waals surface area contributed by atoms with Crippen LogP contribution in [0.1, 0.15) is 11.1 Å². The van der Waals surface area contributed by atoms with Crippen LogP contribution in [0.2, 0.25) is 0 Å². The molecule has 2 aromatic carbocycles. The maximum absolute atomic E-state index is 11.6. The maximum Gasteiger partial charge on any atom is 0.407 e. The van der Waals surface area contributed by atoms with E-state index < -0.39 is 6.09 Å². The topological polar surface area (TPSA) is 67.8 Å². The van der Waals surface area contributed by atoms with Crippen molar-refractivity contribution in [3.8, 4) is 11.5 Å². The lowest BCUT2D eigenvalue weighted by atomic mass is 10.2. The molecular weight excluding hydrogens is 270 g/mol. The van der Waals surface area contributed by atoms with Gasteiger partial charge in [0.1, 0.15) is 6.61 Å². The Balaban J connectivity index is 1.84. The second-order valence-corrected chi connectivity index (χ2v) is 4.38. The molecule has 0 aliphatic rings. The normalized spacial score (nSPS) is 9.95. The van der Waals surface area contributed by atoms with Gasteiger partial charge in [-0.1, -0.05) is 42.5 Å². The maximum atomic E-state index is 11.6. The van der Waals surface area contributed by atoms with Gasteiger partial charge >= 0.3 is 6.09 Å². The zero-order chi connectivity index (χ0) is 15.1. The standard InChI is InChI=1S/C16H17NO4/c1-20-14-9-5-8-13(15(14)18)10-17-16(19)21-11-12-6-3-2-4-7-12/h2-9,18H,10-11H2,1H3,(H,17,19). The molecule has 0 saturated carbocycles. The van der Waals surface area contributed by atoms with Crippen molar-refractivity contribution in [3.05, 3.63) is 59.7 Å². The summed E-state index contributed by atoms with van der Waals surface area (Å²) in [5.74, 6) is 0.385. The number of hydrogen-bond donors (Lipinski definition) is 2. The van der Waals surface area contributed by atoms with Crippen LogP contribution < -0.4 is 10.1 Å². The predicted octanol–water partition coefficient (Wildman–Crippen LogP) is 2.83. The summed E-state index contributed by atoms with van der Waals surface area (Å²) >= 11 is 0. The van der Waals surface area contributed by atoms with Crippen LogP contribution in [0.25, 0.3) is 0 Å². The molecule has 0 atom stereocenters. The summed E-state index contributed by atoms with van der Waals surface area (Å²) in [5, 5.41) is 12.5. The Morgan fingerprint density at radius 2 is 1.90 bits per heavy atom. The fourth-order valence-corrected chi connectivity index (χ4v) is 1.82. The first-order valence-corrected chi connectivity index (χ1v) is 6.50. The van der Waals surface area contributed by atoms with Gasteiger partial charge in [-0.3, -0.25) is 0 Å². The summed E-state index contributed by atoms with van der Waals surface area (Å²) in [5.41, 5.74) is 1.47. The molecule has 0 bridgehead atoms. The van der Waals surface area contributed by atoms with Crippen molar-refractivity contribution in [2.75, 3.05) is 7.11 Å². The molecule has 2 rings (SSSR count). The minimum atomic E-state index is -0.541. The van der Waals surface area contributed by atoms with Crippen LogP contribution in [0.3, 0.4) is 0 Å². The van der Waals surface area contributed by atoms with E-state index in [1.54, 1.807) is 18.2 Å². The quantitative estimate of drug-likeness (QED) is 0.887. The summed E-state index contributed by atoms with van der Waals surface area (Å²) in [6.07, 6.45) is -0.541. The smallest absolute Gasteiger partial charge is 0.407 e. The van der Waals surface area contributed by atoms with Gasteiger partial charge in [-0.2, -0.15) is 0 Å². The van der Waals surface area contributed by atoms with E-state index in [1.807, 2.05) is 30.3 Å². The molecule has 0 heterocycles. The van der Waals surface area contributed by atoms with Crippen LogP contribution in [0.15, 0.2) is 48.5 Å². The third kappa shape index (κ3) is 4.14. The number of carbonyl (C=O) groups excluding carboxylic acids is 1. The fourth-order valence-electron chi connectivity index (χ4n) is 1.82. The van der Waals surface area contributed by atoms with Crippen molar-refractivity contribution in [2.45, 2.75) is 13.2 Å². The number of rotatable bonds is 5. The van der Waals surface area contributed by atoms with E-state index in [0.29, 0.717) is 11.3 Å². The van der Waals surface area contributed by atoms with Crippen LogP contribution in [0, 0.1) is 0 Å². The predicted molar refractivity (Wildman–Crippen MR) is 78.1 cm³/mol. The molecule has 2 N–H and O–H groups in total. The van der Waals surface area contributed by atoms with E-state index in [9.17, 15) is 9.90 Å². The third-order valence-electron chi connectivity index (χ3n) is 2.94. The molecule has 0 aromatic heterocycles. The van der Waals surface area contributed by atoms with E-state index in [2.05, 4.69) is 5.32 Å². The second-order valence-electron chi connectivity index (χ2n) is 4.38. The fraction of sp³-hybridized carbons (Fsp3) is 0.188. The summed E-state index contributed by atoms with van der Waals surface area (Å²) in [7, 11) is 1.47. The van der Waals surface area contributed by atoms with Gasteiger partial charge in [-0.25, -0.2) is 4.79 Å². The Morgan fingerprint density at radius 1 is 1.14 bits per heavy atom. The minimum Gasteiger partial charge on any atom is -0.504 e. The Hall–Kier alpha value is -2.69. The molecule has 0 saturated heterocycles. The van der Waals surface area contributed by atoms with Crippen molar-refractivity contribution in [1.29, 1.82) is 0 Å². The first-order chi connectivity index (χ1) is 10.2. The number of carbonyl (C=O) groups is 1. The van der Waals surface area contributed by atoms with E-state index in [4.69, 9.17) is 9.47 Å². The largest absolute Gasteiger partial charge is 0.504 e. The average molecular weight is 287 g/mol. The highest BCUT2D eigenvalue weighted by Crippen LogP contribution is 2.29. The van der Waals surface area contributed by atoms with Gasteiger partial charge in [0.2, 0.25) is 0 Å². The number of para-hydroxylation sites is 1. The Kier molecular flexibility index (Phi) is 5.04. The molecular formula is C16H17NO4. The van der Waals surface area contributed by atoms with Crippen molar-refractivity contribution in [1.82, 2.24) is 5.32 Å². The second kappa shape index (κ2) is 7.19. The van der Waals surface area contributed by atoms with Gasteiger partial charge in [0.25, 0.3) is 0 Å². The van der Waals surface area contributed by atoms with E-state index >= 15 is 0 Å². The number of phenolic OH excluding ortho intramolecular Hbond substituents is 1. The van der Waals surface area contributed by atoms with Crippen molar-refractivity contribution in [3.63, 3.8) is 0 Å². The van der Waals surface area contributed by atoms with Gasteiger partial charge in [-0.05, 0) is 11.6 Å². The van der Waals surface area contributed by atoms with E-state index in [0.717, 1.165) is 5.56 Å². The lowest BCUT2D eigenvalue weighted by Gasteiger charge is -2.10. The molecule has 2 aromatic rings. The zero-order valence-corrected chi connectivity index (χ0v) is 11.7. The SMILES string of the molecule is COc1cccc(CNC(=O)OCc2ccccc2)c1O. The Morgan fingerprint density at radius 3 is 2.62 bits per heavy atom. The van der Waals surface area contributed by atoms with Crippen molar-refractivity contribution >= 4 is 6.09 Å². The number of aromatic hydroxyl groups is 1. The summed E-state index contributed by atoms with van der Waals surface area (Å²) in [6, 6.07) is 14.5. The first kappa shape index (κ1) is 14.7. The number of phenols is 1. The molecule has 5 nitrogen and oxygen atoms in total. The molecule has 0 fully saturated rings. The minimum absolute atomic E-state index is 0.0170. The lowest BCUT2D eigenvalue weighted by Crippen LogP contribution is -2.23. The molecule has 5 heteroatoms. The highest BCUT2D eigenvalue weighted by atomic mass is 16.5. The molecule has 0 radical (unpaired) electrons. The first-order valence-electron chi connectivity index (χ1n) is 6.50. The molecule has 110 valence electrons. The van der Waals surface area contributed by atoms with Crippen LogP contribution in [-0.4, -0.2) is 18.3 Å².